The number of hydrogen-bond donors (Lipinski definition) is 2. The van der Waals surface area contributed by atoms with Crippen molar-refractivity contribution in [3.63, 3.8) is 0 Å². The average Bonchev–Trinajstić information content (AvgIpc) is 2.89. The van der Waals surface area contributed by atoms with Crippen LogP contribution in [0.4, 0.5) is 18.9 Å². The highest BCUT2D eigenvalue weighted by Gasteiger charge is 2.29. The highest BCUT2D eigenvalue weighted by Crippen LogP contribution is 2.27. The summed E-state index contributed by atoms with van der Waals surface area (Å²) in [5.74, 6) is 0.237. The van der Waals surface area contributed by atoms with Crippen LogP contribution in [0.2, 0.25) is 0 Å². The number of para-hydroxylation sites is 2. The van der Waals surface area contributed by atoms with Crippen molar-refractivity contribution in [1.82, 2.24) is 5.32 Å². The number of ether oxygens (including phenoxy) is 1. The fraction of sp³-hybridized carbons (Fsp3) is 0.600. The van der Waals surface area contributed by atoms with Gasteiger partial charge in [0, 0.05) is 12.1 Å². The molecule has 21 heavy (non-hydrogen) atoms. The summed E-state index contributed by atoms with van der Waals surface area (Å²) in [7, 11) is 0. The Hall–Kier alpha value is -1.43. The van der Waals surface area contributed by atoms with E-state index >= 15 is 0 Å². The van der Waals surface area contributed by atoms with Gasteiger partial charge in [0.25, 0.3) is 0 Å². The van der Waals surface area contributed by atoms with Gasteiger partial charge in [-0.2, -0.15) is 13.2 Å². The summed E-state index contributed by atoms with van der Waals surface area (Å²) in [6.45, 7) is 1.80. The molecule has 1 heterocycles. The lowest BCUT2D eigenvalue weighted by atomic mass is 10.1. The Balaban J connectivity index is 1.92. The summed E-state index contributed by atoms with van der Waals surface area (Å²) < 4.78 is 41.6. The molecule has 0 bridgehead atoms. The first-order valence-electron chi connectivity index (χ1n) is 7.22. The van der Waals surface area contributed by atoms with Crippen LogP contribution in [0.15, 0.2) is 24.3 Å². The molecule has 1 aliphatic heterocycles. The molecule has 0 aliphatic carbocycles. The van der Waals surface area contributed by atoms with Crippen molar-refractivity contribution < 1.29 is 17.9 Å². The van der Waals surface area contributed by atoms with Gasteiger partial charge < -0.3 is 15.4 Å². The van der Waals surface area contributed by atoms with Gasteiger partial charge in [-0.15, -0.1) is 0 Å². The first-order chi connectivity index (χ1) is 9.94. The third-order valence-electron chi connectivity index (χ3n) is 3.48. The minimum absolute atomic E-state index is 0.163. The third kappa shape index (κ3) is 5.46. The number of hydrogen-bond acceptors (Lipinski definition) is 3. The first-order valence-corrected chi connectivity index (χ1v) is 7.22. The van der Waals surface area contributed by atoms with Gasteiger partial charge in [-0.3, -0.25) is 0 Å². The van der Waals surface area contributed by atoms with E-state index in [-0.39, 0.29) is 11.8 Å². The Morgan fingerprint density at radius 3 is 2.81 bits per heavy atom. The van der Waals surface area contributed by atoms with Crippen LogP contribution in [0.3, 0.4) is 0 Å². The molecule has 6 heteroatoms. The lowest BCUT2D eigenvalue weighted by Crippen LogP contribution is -2.29. The molecule has 2 rings (SSSR count). The van der Waals surface area contributed by atoms with Gasteiger partial charge >= 0.3 is 6.18 Å². The van der Waals surface area contributed by atoms with Crippen LogP contribution in [0.1, 0.15) is 26.2 Å². The summed E-state index contributed by atoms with van der Waals surface area (Å²) in [6, 6.07) is 7.38. The molecule has 1 aromatic carbocycles. The molecule has 3 nitrogen and oxygen atoms in total. The maximum absolute atomic E-state index is 12.3. The van der Waals surface area contributed by atoms with Crippen LogP contribution in [-0.4, -0.2) is 31.4 Å². The van der Waals surface area contributed by atoms with Crippen molar-refractivity contribution in [3.05, 3.63) is 24.3 Å². The number of benzene rings is 1. The summed E-state index contributed by atoms with van der Waals surface area (Å²) in [5.41, 5.74) is 0.604. The molecule has 0 saturated carbocycles. The Kier molecular flexibility index (Phi) is 5.33. The SMILES string of the molecule is CC(CC1CCCN1)Nc1ccccc1OCC(F)(F)F. The highest BCUT2D eigenvalue weighted by molar-refractivity contribution is 5.56. The molecular formula is C15H21F3N2O. The first kappa shape index (κ1) is 15.9. The molecule has 0 spiro atoms. The fourth-order valence-corrected chi connectivity index (χ4v) is 2.58. The zero-order chi connectivity index (χ0) is 15.3. The van der Waals surface area contributed by atoms with Crippen molar-refractivity contribution in [2.45, 2.75) is 44.4 Å². The van der Waals surface area contributed by atoms with E-state index in [0.717, 1.165) is 19.4 Å². The maximum atomic E-state index is 12.3. The summed E-state index contributed by atoms with van der Waals surface area (Å²) in [5, 5.41) is 6.65. The van der Waals surface area contributed by atoms with Crippen LogP contribution in [0.5, 0.6) is 5.75 Å². The second-order valence-corrected chi connectivity index (χ2v) is 5.47. The maximum Gasteiger partial charge on any atom is 0.422 e. The monoisotopic (exact) mass is 302 g/mol. The van der Waals surface area contributed by atoms with Crippen LogP contribution in [-0.2, 0) is 0 Å². The number of anilines is 1. The van der Waals surface area contributed by atoms with E-state index in [2.05, 4.69) is 10.6 Å². The molecule has 0 aromatic heterocycles. The van der Waals surface area contributed by atoms with E-state index in [1.165, 1.54) is 6.42 Å². The van der Waals surface area contributed by atoms with E-state index in [0.29, 0.717) is 11.7 Å². The summed E-state index contributed by atoms with van der Waals surface area (Å²) in [4.78, 5) is 0. The highest BCUT2D eigenvalue weighted by atomic mass is 19.4. The standard InChI is InChI=1S/C15H21F3N2O/c1-11(9-12-5-4-8-19-12)20-13-6-2-3-7-14(13)21-10-15(16,17)18/h2-3,6-7,11-12,19-20H,4-5,8-10H2,1H3. The molecule has 0 radical (unpaired) electrons. The summed E-state index contributed by atoms with van der Waals surface area (Å²) in [6.07, 6.45) is -1.05. The van der Waals surface area contributed by atoms with E-state index in [1.807, 2.05) is 6.92 Å². The molecule has 118 valence electrons. The molecule has 2 unspecified atom stereocenters. The van der Waals surface area contributed by atoms with Gasteiger partial charge in [0.05, 0.1) is 5.69 Å². The minimum Gasteiger partial charge on any atom is -0.482 e. The number of halogens is 3. The number of alkyl halides is 3. The zero-order valence-corrected chi connectivity index (χ0v) is 12.0. The molecular weight excluding hydrogens is 281 g/mol. The Labute approximate surface area is 122 Å². The molecule has 1 aromatic rings. The van der Waals surface area contributed by atoms with Crippen molar-refractivity contribution in [2.75, 3.05) is 18.5 Å². The predicted molar refractivity (Wildman–Crippen MR) is 76.7 cm³/mol. The normalized spacial score (nSPS) is 20.3. The molecule has 2 N–H and O–H groups in total. The molecule has 0 amide bonds. The predicted octanol–water partition coefficient (Wildman–Crippen LogP) is 3.57. The van der Waals surface area contributed by atoms with Crippen molar-refractivity contribution in [3.8, 4) is 5.75 Å². The van der Waals surface area contributed by atoms with Crippen LogP contribution >= 0.6 is 0 Å². The second-order valence-electron chi connectivity index (χ2n) is 5.47. The van der Waals surface area contributed by atoms with E-state index in [4.69, 9.17) is 4.74 Å². The van der Waals surface area contributed by atoms with E-state index in [1.54, 1.807) is 24.3 Å². The van der Waals surface area contributed by atoms with E-state index < -0.39 is 12.8 Å². The zero-order valence-electron chi connectivity index (χ0n) is 12.0. The van der Waals surface area contributed by atoms with Gasteiger partial charge in [0.1, 0.15) is 5.75 Å². The fourth-order valence-electron chi connectivity index (χ4n) is 2.58. The Morgan fingerprint density at radius 2 is 2.14 bits per heavy atom. The largest absolute Gasteiger partial charge is 0.482 e. The van der Waals surface area contributed by atoms with Crippen LogP contribution in [0, 0.1) is 0 Å². The van der Waals surface area contributed by atoms with Crippen molar-refractivity contribution >= 4 is 5.69 Å². The van der Waals surface area contributed by atoms with Gasteiger partial charge in [-0.1, -0.05) is 12.1 Å². The quantitative estimate of drug-likeness (QED) is 0.843. The minimum atomic E-state index is -4.33. The van der Waals surface area contributed by atoms with Gasteiger partial charge in [-0.05, 0) is 44.9 Å². The summed E-state index contributed by atoms with van der Waals surface area (Å²) >= 11 is 0. The molecule has 1 saturated heterocycles. The van der Waals surface area contributed by atoms with Gasteiger partial charge in [0.15, 0.2) is 6.61 Å². The third-order valence-corrected chi connectivity index (χ3v) is 3.48. The molecule has 1 aliphatic rings. The molecule has 1 fully saturated rings. The lowest BCUT2D eigenvalue weighted by molar-refractivity contribution is -0.153. The van der Waals surface area contributed by atoms with Gasteiger partial charge in [0.2, 0.25) is 0 Å². The smallest absolute Gasteiger partial charge is 0.422 e. The Bertz CT molecular complexity index is 445. The Morgan fingerprint density at radius 1 is 1.38 bits per heavy atom. The van der Waals surface area contributed by atoms with Crippen LogP contribution < -0.4 is 15.4 Å². The van der Waals surface area contributed by atoms with Gasteiger partial charge in [-0.25, -0.2) is 0 Å². The van der Waals surface area contributed by atoms with E-state index in [9.17, 15) is 13.2 Å². The molecule has 2 atom stereocenters. The topological polar surface area (TPSA) is 33.3 Å². The van der Waals surface area contributed by atoms with Crippen LogP contribution in [0.25, 0.3) is 0 Å². The lowest BCUT2D eigenvalue weighted by Gasteiger charge is -2.21. The second kappa shape index (κ2) is 7.02. The average molecular weight is 302 g/mol. The van der Waals surface area contributed by atoms with Crippen molar-refractivity contribution in [2.24, 2.45) is 0 Å². The number of rotatable bonds is 6. The van der Waals surface area contributed by atoms with Crippen molar-refractivity contribution in [1.29, 1.82) is 0 Å². The number of nitrogens with one attached hydrogen (secondary N) is 2.